The molecule has 0 aliphatic heterocycles. The van der Waals surface area contributed by atoms with Crippen molar-refractivity contribution in [3.8, 4) is 5.69 Å². The minimum absolute atomic E-state index is 0.137. The van der Waals surface area contributed by atoms with Crippen molar-refractivity contribution in [1.82, 2.24) is 9.99 Å². The molecule has 0 radical (unpaired) electrons. The molecule has 0 spiro atoms. The zero-order chi connectivity index (χ0) is 22.2. The Morgan fingerprint density at radius 1 is 1.06 bits per heavy atom. The van der Waals surface area contributed by atoms with Crippen LogP contribution >= 0.6 is 0 Å². The second-order valence-electron chi connectivity index (χ2n) is 7.18. The normalized spacial score (nSPS) is 10.9. The Kier molecular flexibility index (Phi) is 7.38. The van der Waals surface area contributed by atoms with Crippen molar-refractivity contribution in [2.75, 3.05) is 6.61 Å². The average Bonchev–Trinajstić information content (AvgIpc) is 3.06. The van der Waals surface area contributed by atoms with Crippen LogP contribution in [0, 0.1) is 13.8 Å². The van der Waals surface area contributed by atoms with Gasteiger partial charge in [0.25, 0.3) is 0 Å². The molecule has 0 aliphatic rings. The summed E-state index contributed by atoms with van der Waals surface area (Å²) in [6.45, 7) is 6.02. The number of benzene rings is 2. The van der Waals surface area contributed by atoms with Gasteiger partial charge in [-0.25, -0.2) is 10.2 Å². The summed E-state index contributed by atoms with van der Waals surface area (Å²) in [4.78, 5) is 24.5. The number of para-hydroxylation sites is 1. The van der Waals surface area contributed by atoms with Crippen molar-refractivity contribution in [3.05, 3.63) is 88.7 Å². The molecule has 0 bridgehead atoms. The van der Waals surface area contributed by atoms with E-state index < -0.39 is 0 Å². The molecule has 0 unspecified atom stereocenters. The summed E-state index contributed by atoms with van der Waals surface area (Å²) in [6, 6.07) is 19.2. The summed E-state index contributed by atoms with van der Waals surface area (Å²) >= 11 is 0. The van der Waals surface area contributed by atoms with Crippen molar-refractivity contribution >= 4 is 18.1 Å². The predicted octanol–water partition coefficient (Wildman–Crippen LogP) is 4.35. The van der Waals surface area contributed by atoms with Gasteiger partial charge in [-0.1, -0.05) is 42.5 Å². The van der Waals surface area contributed by atoms with E-state index in [1.807, 2.05) is 73.0 Å². The van der Waals surface area contributed by atoms with E-state index >= 15 is 0 Å². The number of hydrogen-bond donors (Lipinski definition) is 1. The highest BCUT2D eigenvalue weighted by atomic mass is 16.5. The lowest BCUT2D eigenvalue weighted by Gasteiger charge is -2.14. The number of hydrogen-bond acceptors (Lipinski definition) is 4. The van der Waals surface area contributed by atoms with Crippen LogP contribution in [0.1, 0.15) is 46.2 Å². The van der Waals surface area contributed by atoms with Gasteiger partial charge < -0.3 is 9.30 Å². The largest absolute Gasteiger partial charge is 0.462 e. The predicted molar refractivity (Wildman–Crippen MR) is 122 cm³/mol. The zero-order valence-electron chi connectivity index (χ0n) is 18.1. The standard InChI is InChI=1S/C25H27N3O3/c1-4-31-25(30)22-12-8-9-13-23(22)28-18(2)16-21(19(28)3)17-26-27-24(29)15-14-20-10-6-5-7-11-20/h5-13,16-17H,4,14-15H2,1-3H3,(H,27,29)/b26-17-. The van der Waals surface area contributed by atoms with E-state index in [0.717, 1.165) is 28.2 Å². The van der Waals surface area contributed by atoms with Gasteiger partial charge in [0.05, 0.1) is 24.1 Å². The molecule has 0 fully saturated rings. The maximum Gasteiger partial charge on any atom is 0.340 e. The fraction of sp³-hybridized carbons (Fsp3) is 0.240. The third kappa shape index (κ3) is 5.48. The molecule has 1 amide bonds. The maximum atomic E-state index is 12.4. The van der Waals surface area contributed by atoms with Crippen LogP contribution in [0.25, 0.3) is 5.69 Å². The fourth-order valence-electron chi connectivity index (χ4n) is 3.47. The number of hydrazone groups is 1. The Hall–Kier alpha value is -3.67. The highest BCUT2D eigenvalue weighted by Gasteiger charge is 2.17. The van der Waals surface area contributed by atoms with Crippen LogP contribution in [-0.2, 0) is 16.0 Å². The minimum Gasteiger partial charge on any atom is -0.462 e. The Balaban J connectivity index is 1.72. The van der Waals surface area contributed by atoms with Crippen molar-refractivity contribution < 1.29 is 14.3 Å². The molecule has 0 saturated carbocycles. The Morgan fingerprint density at radius 2 is 1.77 bits per heavy atom. The van der Waals surface area contributed by atoms with Gasteiger partial charge in [0.1, 0.15) is 0 Å². The Morgan fingerprint density at radius 3 is 2.52 bits per heavy atom. The summed E-state index contributed by atoms with van der Waals surface area (Å²) in [6.07, 6.45) is 2.67. The smallest absolute Gasteiger partial charge is 0.340 e. The SMILES string of the molecule is CCOC(=O)c1ccccc1-n1c(C)cc(/C=N\NC(=O)CCc2ccccc2)c1C. The molecule has 1 heterocycles. The first kappa shape index (κ1) is 22.0. The molecule has 0 atom stereocenters. The molecule has 6 heteroatoms. The van der Waals surface area contributed by atoms with Crippen LogP contribution in [-0.4, -0.2) is 29.3 Å². The van der Waals surface area contributed by atoms with Gasteiger partial charge in [-0.2, -0.15) is 5.10 Å². The molecule has 160 valence electrons. The van der Waals surface area contributed by atoms with Gasteiger partial charge in [0.2, 0.25) is 5.91 Å². The second kappa shape index (κ2) is 10.4. The highest BCUT2D eigenvalue weighted by molar-refractivity contribution is 5.94. The summed E-state index contributed by atoms with van der Waals surface area (Å²) in [5.41, 5.74) is 7.69. The van der Waals surface area contributed by atoms with Crippen LogP contribution in [0.2, 0.25) is 0 Å². The maximum absolute atomic E-state index is 12.4. The number of nitrogens with one attached hydrogen (secondary N) is 1. The number of carbonyl (C=O) groups is 2. The molecule has 3 rings (SSSR count). The first-order valence-corrected chi connectivity index (χ1v) is 10.3. The van der Waals surface area contributed by atoms with Crippen molar-refractivity contribution in [2.24, 2.45) is 5.10 Å². The number of aryl methyl sites for hydroxylation is 2. The molecule has 2 aromatic carbocycles. The van der Waals surface area contributed by atoms with E-state index in [4.69, 9.17) is 4.74 Å². The number of carbonyl (C=O) groups excluding carboxylic acids is 2. The van der Waals surface area contributed by atoms with E-state index in [9.17, 15) is 9.59 Å². The van der Waals surface area contributed by atoms with Crippen LogP contribution in [0.15, 0.2) is 65.8 Å². The lowest BCUT2D eigenvalue weighted by atomic mass is 10.1. The third-order valence-corrected chi connectivity index (χ3v) is 4.99. The van der Waals surface area contributed by atoms with Gasteiger partial charge in [-0.05, 0) is 51.0 Å². The number of esters is 1. The quantitative estimate of drug-likeness (QED) is 0.336. The highest BCUT2D eigenvalue weighted by Crippen LogP contribution is 2.23. The Labute approximate surface area is 182 Å². The second-order valence-corrected chi connectivity index (χ2v) is 7.18. The van der Waals surface area contributed by atoms with Crippen LogP contribution < -0.4 is 5.43 Å². The molecule has 1 N–H and O–H groups in total. The van der Waals surface area contributed by atoms with Gasteiger partial charge in [0, 0.05) is 23.4 Å². The van der Waals surface area contributed by atoms with Crippen LogP contribution in [0.3, 0.4) is 0 Å². The number of ether oxygens (including phenoxy) is 1. The topological polar surface area (TPSA) is 72.7 Å². The first-order chi connectivity index (χ1) is 15.0. The van der Waals surface area contributed by atoms with E-state index in [1.54, 1.807) is 19.2 Å². The van der Waals surface area contributed by atoms with E-state index in [0.29, 0.717) is 25.0 Å². The van der Waals surface area contributed by atoms with Gasteiger partial charge in [-0.3, -0.25) is 4.79 Å². The van der Waals surface area contributed by atoms with Gasteiger partial charge in [-0.15, -0.1) is 0 Å². The number of nitrogens with zero attached hydrogens (tertiary/aromatic N) is 2. The molecular formula is C25H27N3O3. The number of aromatic nitrogens is 1. The summed E-state index contributed by atoms with van der Waals surface area (Å²) < 4.78 is 7.19. The van der Waals surface area contributed by atoms with Gasteiger partial charge >= 0.3 is 5.97 Å². The molecular weight excluding hydrogens is 390 g/mol. The average molecular weight is 418 g/mol. The minimum atomic E-state index is -0.355. The fourth-order valence-corrected chi connectivity index (χ4v) is 3.47. The van der Waals surface area contributed by atoms with E-state index in [2.05, 4.69) is 10.5 Å². The van der Waals surface area contributed by atoms with Crippen molar-refractivity contribution in [3.63, 3.8) is 0 Å². The summed E-state index contributed by atoms with van der Waals surface area (Å²) in [5.74, 6) is -0.493. The summed E-state index contributed by atoms with van der Waals surface area (Å²) in [7, 11) is 0. The third-order valence-electron chi connectivity index (χ3n) is 4.99. The Bertz CT molecular complexity index is 1080. The zero-order valence-corrected chi connectivity index (χ0v) is 18.1. The molecule has 6 nitrogen and oxygen atoms in total. The molecule has 1 aromatic heterocycles. The molecule has 3 aromatic rings. The lowest BCUT2D eigenvalue weighted by Crippen LogP contribution is -2.18. The van der Waals surface area contributed by atoms with E-state index in [-0.39, 0.29) is 11.9 Å². The monoisotopic (exact) mass is 417 g/mol. The molecule has 31 heavy (non-hydrogen) atoms. The lowest BCUT2D eigenvalue weighted by molar-refractivity contribution is -0.121. The number of rotatable bonds is 8. The van der Waals surface area contributed by atoms with Crippen LogP contribution in [0.5, 0.6) is 0 Å². The van der Waals surface area contributed by atoms with Crippen molar-refractivity contribution in [1.29, 1.82) is 0 Å². The summed E-state index contributed by atoms with van der Waals surface area (Å²) in [5, 5.41) is 4.12. The molecule has 0 saturated heterocycles. The van der Waals surface area contributed by atoms with Crippen molar-refractivity contribution in [2.45, 2.75) is 33.6 Å². The first-order valence-electron chi connectivity index (χ1n) is 10.3. The molecule has 0 aliphatic carbocycles. The van der Waals surface area contributed by atoms with E-state index in [1.165, 1.54) is 0 Å². The van der Waals surface area contributed by atoms with Crippen LogP contribution in [0.4, 0.5) is 0 Å². The van der Waals surface area contributed by atoms with Gasteiger partial charge in [0.15, 0.2) is 0 Å². The number of amides is 1.